The van der Waals surface area contributed by atoms with Gasteiger partial charge in [0.1, 0.15) is 5.69 Å². The number of alkyl halides is 3. The van der Waals surface area contributed by atoms with Crippen LogP contribution in [0.3, 0.4) is 0 Å². The normalized spacial score (nSPS) is 11.7. The Morgan fingerprint density at radius 3 is 2.80 bits per heavy atom. The van der Waals surface area contributed by atoms with Crippen molar-refractivity contribution in [2.75, 3.05) is 0 Å². The minimum Gasteiger partial charge on any atom is -0.403 e. The van der Waals surface area contributed by atoms with Crippen molar-refractivity contribution in [3.05, 3.63) is 51.5 Å². The van der Waals surface area contributed by atoms with Gasteiger partial charge in [0.05, 0.1) is 3.79 Å². The molecule has 1 N–H and O–H groups in total. The number of nitrogens with zero attached hydrogens (tertiary/aromatic N) is 2. The van der Waals surface area contributed by atoms with Crippen LogP contribution in [0.2, 0.25) is 0 Å². The first-order valence-electron chi connectivity index (χ1n) is 6.68. The third-order valence-corrected chi connectivity index (χ3v) is 4.51. The quantitative estimate of drug-likeness (QED) is 0.624. The zero-order valence-electron chi connectivity index (χ0n) is 12.1. The summed E-state index contributed by atoms with van der Waals surface area (Å²) in [6.07, 6.45) is -1.74. The smallest absolute Gasteiger partial charge is 0.403 e. The second-order valence-electron chi connectivity index (χ2n) is 4.85. The highest BCUT2D eigenvalue weighted by atomic mass is 79.9. The number of carbonyl (C=O) groups is 1. The highest BCUT2D eigenvalue weighted by Gasteiger charge is 2.32. The summed E-state index contributed by atoms with van der Waals surface area (Å²) in [4.78, 5) is 16.8. The Bertz CT molecular complexity index is 906. The Morgan fingerprint density at radius 1 is 1.36 bits per heavy atom. The molecule has 0 bridgehead atoms. The Labute approximate surface area is 150 Å². The van der Waals surface area contributed by atoms with E-state index in [1.807, 2.05) is 0 Å². The molecule has 3 aromatic rings. The third-order valence-electron chi connectivity index (χ3n) is 3.03. The molecule has 0 saturated heterocycles. The summed E-state index contributed by atoms with van der Waals surface area (Å²) in [6.45, 7) is -0.109. The first-order valence-corrected chi connectivity index (χ1v) is 8.28. The molecule has 1 aromatic carbocycles. The summed E-state index contributed by atoms with van der Waals surface area (Å²) in [6, 6.07) is 2.97. The van der Waals surface area contributed by atoms with Crippen molar-refractivity contribution in [2.24, 2.45) is 0 Å². The van der Waals surface area contributed by atoms with Gasteiger partial charge in [-0.25, -0.2) is 9.37 Å². The lowest BCUT2D eigenvalue weighted by molar-refractivity contribution is -0.275. The molecule has 2 heterocycles. The molecule has 132 valence electrons. The SMILES string of the molecule is O=C(NCc1ccc(F)c(OC(F)(F)F)c1)c1cn2cc(Br)sc2n1. The van der Waals surface area contributed by atoms with Crippen LogP contribution in [0.5, 0.6) is 5.75 Å². The van der Waals surface area contributed by atoms with Gasteiger partial charge in [-0.05, 0) is 33.6 Å². The molecule has 1 amide bonds. The molecule has 0 radical (unpaired) electrons. The van der Waals surface area contributed by atoms with Gasteiger partial charge in [-0.2, -0.15) is 0 Å². The minimum absolute atomic E-state index is 0.109. The summed E-state index contributed by atoms with van der Waals surface area (Å²) in [5.41, 5.74) is 0.408. The van der Waals surface area contributed by atoms with Crippen LogP contribution in [0.25, 0.3) is 4.96 Å². The van der Waals surface area contributed by atoms with Crippen LogP contribution in [0.15, 0.2) is 34.4 Å². The molecule has 5 nitrogen and oxygen atoms in total. The van der Waals surface area contributed by atoms with Gasteiger partial charge in [0.2, 0.25) is 0 Å². The Kier molecular flexibility index (Phi) is 4.69. The molecule has 0 fully saturated rings. The Balaban J connectivity index is 1.69. The van der Waals surface area contributed by atoms with E-state index in [1.165, 1.54) is 23.6 Å². The van der Waals surface area contributed by atoms with Crippen molar-refractivity contribution < 1.29 is 27.1 Å². The number of hydrogen-bond donors (Lipinski definition) is 1. The zero-order valence-corrected chi connectivity index (χ0v) is 14.5. The molecule has 0 unspecified atom stereocenters. The molecule has 0 saturated carbocycles. The summed E-state index contributed by atoms with van der Waals surface area (Å²) < 4.78 is 56.1. The van der Waals surface area contributed by atoms with E-state index in [1.54, 1.807) is 10.6 Å². The number of benzene rings is 1. The standard InChI is InChI=1S/C14H8BrF4N3O2S/c15-11-6-22-5-9(21-13(22)25-11)12(23)20-4-7-1-2-8(16)10(3-7)24-14(17,18)19/h1-3,5-6H,4H2,(H,20,23). The summed E-state index contributed by atoms with van der Waals surface area (Å²) in [7, 11) is 0. The predicted molar refractivity (Wildman–Crippen MR) is 85.0 cm³/mol. The summed E-state index contributed by atoms with van der Waals surface area (Å²) in [5, 5.41) is 2.51. The molecule has 0 aliphatic heterocycles. The molecule has 0 atom stereocenters. The van der Waals surface area contributed by atoms with Crippen LogP contribution in [0.4, 0.5) is 17.6 Å². The third kappa shape index (κ3) is 4.28. The number of fused-ring (bicyclic) bond motifs is 1. The number of imidazole rings is 1. The monoisotopic (exact) mass is 437 g/mol. The number of amides is 1. The van der Waals surface area contributed by atoms with Crippen molar-refractivity contribution in [3.63, 3.8) is 0 Å². The topological polar surface area (TPSA) is 55.6 Å². The van der Waals surface area contributed by atoms with E-state index in [-0.39, 0.29) is 17.8 Å². The molecule has 0 aliphatic carbocycles. The molecular formula is C14H8BrF4N3O2S. The molecule has 0 spiro atoms. The number of halogens is 5. The van der Waals surface area contributed by atoms with Crippen LogP contribution >= 0.6 is 27.3 Å². The number of carbonyl (C=O) groups excluding carboxylic acids is 1. The van der Waals surface area contributed by atoms with Crippen molar-refractivity contribution in [1.29, 1.82) is 0 Å². The first kappa shape index (κ1) is 17.7. The van der Waals surface area contributed by atoms with E-state index >= 15 is 0 Å². The molecule has 0 aliphatic rings. The van der Waals surface area contributed by atoms with Crippen molar-refractivity contribution in [2.45, 2.75) is 12.9 Å². The van der Waals surface area contributed by atoms with Crippen LogP contribution < -0.4 is 10.1 Å². The first-order chi connectivity index (χ1) is 11.7. The number of nitrogens with one attached hydrogen (secondary N) is 1. The maximum Gasteiger partial charge on any atom is 0.573 e. The van der Waals surface area contributed by atoms with E-state index in [9.17, 15) is 22.4 Å². The van der Waals surface area contributed by atoms with Crippen LogP contribution in [-0.2, 0) is 6.54 Å². The van der Waals surface area contributed by atoms with Gasteiger partial charge in [-0.1, -0.05) is 17.4 Å². The van der Waals surface area contributed by atoms with Crippen molar-refractivity contribution in [1.82, 2.24) is 14.7 Å². The second kappa shape index (κ2) is 6.64. The highest BCUT2D eigenvalue weighted by molar-refractivity contribution is 9.11. The average Bonchev–Trinajstić information content (AvgIpc) is 3.03. The Hall–Kier alpha value is -2.14. The van der Waals surface area contributed by atoms with E-state index in [4.69, 9.17) is 0 Å². The largest absolute Gasteiger partial charge is 0.573 e. The van der Waals surface area contributed by atoms with Gasteiger partial charge < -0.3 is 10.1 Å². The van der Waals surface area contributed by atoms with Gasteiger partial charge >= 0.3 is 6.36 Å². The van der Waals surface area contributed by atoms with Crippen LogP contribution in [0, 0.1) is 5.82 Å². The second-order valence-corrected chi connectivity index (χ2v) is 7.23. The maximum absolute atomic E-state index is 13.4. The fourth-order valence-electron chi connectivity index (χ4n) is 2.01. The van der Waals surface area contributed by atoms with Gasteiger partial charge in [0.25, 0.3) is 5.91 Å². The molecular weight excluding hydrogens is 430 g/mol. The van der Waals surface area contributed by atoms with Gasteiger partial charge in [0.15, 0.2) is 16.5 Å². The number of hydrogen-bond acceptors (Lipinski definition) is 4. The highest BCUT2D eigenvalue weighted by Crippen LogP contribution is 2.26. The fourth-order valence-corrected chi connectivity index (χ4v) is 3.36. The summed E-state index contributed by atoms with van der Waals surface area (Å²) in [5.74, 6) is -2.60. The van der Waals surface area contributed by atoms with Gasteiger partial charge in [0, 0.05) is 18.9 Å². The summed E-state index contributed by atoms with van der Waals surface area (Å²) >= 11 is 4.63. The van der Waals surface area contributed by atoms with Crippen molar-refractivity contribution >= 4 is 38.1 Å². The lowest BCUT2D eigenvalue weighted by Crippen LogP contribution is -2.23. The van der Waals surface area contributed by atoms with Gasteiger partial charge in [-0.3, -0.25) is 9.20 Å². The van der Waals surface area contributed by atoms with Gasteiger partial charge in [-0.15, -0.1) is 13.2 Å². The lowest BCUT2D eigenvalue weighted by Gasteiger charge is -2.11. The Morgan fingerprint density at radius 2 is 2.12 bits per heavy atom. The number of aromatic nitrogens is 2. The molecule has 2 aromatic heterocycles. The van der Waals surface area contributed by atoms with E-state index in [0.717, 1.165) is 15.9 Å². The van der Waals surface area contributed by atoms with Crippen LogP contribution in [-0.4, -0.2) is 21.7 Å². The minimum atomic E-state index is -5.00. The van der Waals surface area contributed by atoms with Crippen molar-refractivity contribution in [3.8, 4) is 5.75 Å². The molecule has 25 heavy (non-hydrogen) atoms. The average molecular weight is 438 g/mol. The fraction of sp³-hybridized carbons (Fsp3) is 0.143. The number of thiazole rings is 1. The van der Waals surface area contributed by atoms with E-state index < -0.39 is 23.8 Å². The molecule has 11 heteroatoms. The lowest BCUT2D eigenvalue weighted by atomic mass is 10.2. The number of rotatable bonds is 4. The van der Waals surface area contributed by atoms with E-state index in [2.05, 4.69) is 31.0 Å². The van der Waals surface area contributed by atoms with Crippen LogP contribution in [0.1, 0.15) is 16.1 Å². The number of ether oxygens (including phenoxy) is 1. The maximum atomic E-state index is 13.4. The predicted octanol–water partition coefficient (Wildman–Crippen LogP) is 4.13. The molecule has 3 rings (SSSR count). The van der Waals surface area contributed by atoms with E-state index in [0.29, 0.717) is 4.96 Å². The zero-order chi connectivity index (χ0) is 18.2.